The average molecular weight is 341 g/mol. The summed E-state index contributed by atoms with van der Waals surface area (Å²) in [4.78, 5) is 18.1. The second-order valence-electron chi connectivity index (χ2n) is 6.95. The topological polar surface area (TPSA) is 54.5 Å². The number of ether oxygens (including phenoxy) is 1. The highest BCUT2D eigenvalue weighted by molar-refractivity contribution is 5.67. The van der Waals surface area contributed by atoms with Gasteiger partial charge in [-0.05, 0) is 38.5 Å². The molecule has 1 amide bonds. The Hall–Kier alpha value is -2.40. The van der Waals surface area contributed by atoms with Crippen LogP contribution in [0.5, 0.6) is 0 Å². The molecule has 2 rings (SSSR count). The zero-order chi connectivity index (χ0) is 18.3. The number of carbonyl (C=O) groups is 1. The Labute approximate surface area is 150 Å². The number of amides is 1. The third kappa shape index (κ3) is 6.19. The number of carbonyl (C=O) groups excluding carboxylic acids is 1. The Morgan fingerprint density at radius 2 is 1.84 bits per heavy atom. The highest BCUT2D eigenvalue weighted by Crippen LogP contribution is 2.19. The lowest BCUT2D eigenvalue weighted by molar-refractivity contribution is 0.0300. The summed E-state index contributed by atoms with van der Waals surface area (Å²) >= 11 is 0. The van der Waals surface area contributed by atoms with Crippen molar-refractivity contribution in [2.45, 2.75) is 32.4 Å². The molecule has 1 atom stereocenters. The molecule has 0 fully saturated rings. The van der Waals surface area contributed by atoms with Gasteiger partial charge in [-0.1, -0.05) is 36.4 Å². The van der Waals surface area contributed by atoms with Gasteiger partial charge in [-0.2, -0.15) is 0 Å². The molecule has 0 bridgehead atoms. The van der Waals surface area contributed by atoms with Crippen LogP contribution >= 0.6 is 0 Å². The van der Waals surface area contributed by atoms with Crippen LogP contribution in [0.4, 0.5) is 4.79 Å². The van der Waals surface area contributed by atoms with Crippen LogP contribution in [0.1, 0.15) is 38.1 Å². The first-order chi connectivity index (χ1) is 11.9. The molecular formula is C20H27N3O2. The summed E-state index contributed by atoms with van der Waals surface area (Å²) in [5, 5.41) is 3.49. The van der Waals surface area contributed by atoms with Crippen molar-refractivity contribution in [2.75, 3.05) is 20.1 Å². The van der Waals surface area contributed by atoms with E-state index in [0.29, 0.717) is 13.1 Å². The van der Waals surface area contributed by atoms with E-state index in [0.717, 1.165) is 11.3 Å². The largest absolute Gasteiger partial charge is 0.444 e. The van der Waals surface area contributed by atoms with E-state index in [9.17, 15) is 4.79 Å². The van der Waals surface area contributed by atoms with Gasteiger partial charge in [0.15, 0.2) is 0 Å². The van der Waals surface area contributed by atoms with Gasteiger partial charge < -0.3 is 15.0 Å². The van der Waals surface area contributed by atoms with Crippen LogP contribution in [0, 0.1) is 0 Å². The van der Waals surface area contributed by atoms with Crippen LogP contribution < -0.4 is 5.32 Å². The minimum Gasteiger partial charge on any atom is -0.444 e. The lowest BCUT2D eigenvalue weighted by atomic mass is 10.0. The quantitative estimate of drug-likeness (QED) is 0.872. The van der Waals surface area contributed by atoms with E-state index >= 15 is 0 Å². The third-order valence-corrected chi connectivity index (χ3v) is 3.62. The highest BCUT2D eigenvalue weighted by atomic mass is 16.6. The first kappa shape index (κ1) is 18.9. The summed E-state index contributed by atoms with van der Waals surface area (Å²) in [6.45, 7) is 6.77. The number of hydrogen-bond acceptors (Lipinski definition) is 4. The summed E-state index contributed by atoms with van der Waals surface area (Å²) in [6, 6.07) is 16.0. The minimum absolute atomic E-state index is 0.0190. The molecule has 0 radical (unpaired) electrons. The number of likely N-dealkylation sites (N-methyl/N-ethyl adjacent to an activating group) is 1. The predicted molar refractivity (Wildman–Crippen MR) is 99.4 cm³/mol. The molecule has 134 valence electrons. The molecule has 0 aliphatic rings. The number of rotatable bonds is 6. The molecule has 1 aromatic heterocycles. The van der Waals surface area contributed by atoms with E-state index in [2.05, 4.69) is 22.4 Å². The number of pyridine rings is 1. The second-order valence-corrected chi connectivity index (χ2v) is 6.95. The molecule has 0 aliphatic heterocycles. The lowest BCUT2D eigenvalue weighted by Gasteiger charge is -2.25. The summed E-state index contributed by atoms with van der Waals surface area (Å²) < 4.78 is 5.37. The molecule has 2 aromatic rings. The van der Waals surface area contributed by atoms with E-state index in [1.54, 1.807) is 18.1 Å². The molecule has 0 aliphatic carbocycles. The zero-order valence-corrected chi connectivity index (χ0v) is 15.4. The fraction of sp³-hybridized carbons (Fsp3) is 0.400. The maximum atomic E-state index is 12.0. The monoisotopic (exact) mass is 341 g/mol. The summed E-state index contributed by atoms with van der Waals surface area (Å²) in [6.07, 6.45) is 1.48. The van der Waals surface area contributed by atoms with Crippen molar-refractivity contribution >= 4 is 6.09 Å². The van der Waals surface area contributed by atoms with E-state index < -0.39 is 5.60 Å². The highest BCUT2D eigenvalue weighted by Gasteiger charge is 2.20. The molecule has 1 aromatic carbocycles. The molecule has 1 N–H and O–H groups in total. The number of nitrogens with zero attached hydrogens (tertiary/aromatic N) is 2. The Balaban J connectivity index is 1.98. The van der Waals surface area contributed by atoms with Gasteiger partial charge in [-0.3, -0.25) is 4.98 Å². The molecule has 0 saturated heterocycles. The maximum Gasteiger partial charge on any atom is 0.410 e. The number of aromatic nitrogens is 1. The van der Waals surface area contributed by atoms with Crippen molar-refractivity contribution in [1.82, 2.24) is 15.2 Å². The van der Waals surface area contributed by atoms with Crippen LogP contribution in [0.2, 0.25) is 0 Å². The Kier molecular flexibility index (Phi) is 6.53. The van der Waals surface area contributed by atoms with Crippen molar-refractivity contribution in [3.05, 3.63) is 66.0 Å². The van der Waals surface area contributed by atoms with E-state index in [-0.39, 0.29) is 12.1 Å². The van der Waals surface area contributed by atoms with Crippen LogP contribution in [0.25, 0.3) is 0 Å². The van der Waals surface area contributed by atoms with Crippen molar-refractivity contribution < 1.29 is 9.53 Å². The summed E-state index contributed by atoms with van der Waals surface area (Å²) in [5.74, 6) is 0. The predicted octanol–water partition coefficient (Wildman–Crippen LogP) is 3.63. The summed E-state index contributed by atoms with van der Waals surface area (Å²) in [7, 11) is 1.74. The van der Waals surface area contributed by atoms with E-state index in [4.69, 9.17) is 4.74 Å². The number of hydrogen-bond donors (Lipinski definition) is 1. The minimum atomic E-state index is -0.487. The van der Waals surface area contributed by atoms with Gasteiger partial charge in [-0.15, -0.1) is 0 Å². The van der Waals surface area contributed by atoms with Crippen molar-refractivity contribution in [3.8, 4) is 0 Å². The Bertz CT molecular complexity index is 614. The van der Waals surface area contributed by atoms with E-state index in [1.165, 1.54) is 0 Å². The number of benzene rings is 1. The fourth-order valence-electron chi connectivity index (χ4n) is 2.39. The maximum absolute atomic E-state index is 12.0. The van der Waals surface area contributed by atoms with Crippen LogP contribution in [0.3, 0.4) is 0 Å². The van der Waals surface area contributed by atoms with Gasteiger partial charge in [0.05, 0.1) is 11.7 Å². The van der Waals surface area contributed by atoms with Crippen molar-refractivity contribution in [2.24, 2.45) is 0 Å². The van der Waals surface area contributed by atoms with E-state index in [1.807, 2.05) is 57.2 Å². The first-order valence-corrected chi connectivity index (χ1v) is 8.50. The molecule has 5 heteroatoms. The van der Waals surface area contributed by atoms with Crippen molar-refractivity contribution in [3.63, 3.8) is 0 Å². The third-order valence-electron chi connectivity index (χ3n) is 3.62. The molecule has 25 heavy (non-hydrogen) atoms. The SMILES string of the molecule is CN(CCNC(c1ccccc1)c1ccccn1)C(=O)OC(C)(C)C. The van der Waals surface area contributed by atoms with Crippen LogP contribution in [-0.2, 0) is 4.74 Å². The Morgan fingerprint density at radius 3 is 2.44 bits per heavy atom. The van der Waals surface area contributed by atoms with Crippen molar-refractivity contribution in [1.29, 1.82) is 0 Å². The average Bonchev–Trinajstić information content (AvgIpc) is 2.58. The zero-order valence-electron chi connectivity index (χ0n) is 15.4. The van der Waals surface area contributed by atoms with Gasteiger partial charge >= 0.3 is 6.09 Å². The Morgan fingerprint density at radius 1 is 1.16 bits per heavy atom. The van der Waals surface area contributed by atoms with Gasteiger partial charge in [0.1, 0.15) is 5.60 Å². The fourth-order valence-corrected chi connectivity index (χ4v) is 2.39. The normalized spacial score (nSPS) is 12.5. The van der Waals surface area contributed by atoms with Gasteiger partial charge in [-0.25, -0.2) is 4.79 Å². The molecule has 1 unspecified atom stereocenters. The molecule has 5 nitrogen and oxygen atoms in total. The molecule has 1 heterocycles. The molecular weight excluding hydrogens is 314 g/mol. The first-order valence-electron chi connectivity index (χ1n) is 8.50. The summed E-state index contributed by atoms with van der Waals surface area (Å²) in [5.41, 5.74) is 1.61. The van der Waals surface area contributed by atoms with Gasteiger partial charge in [0.2, 0.25) is 0 Å². The number of nitrogens with one attached hydrogen (secondary N) is 1. The second kappa shape index (κ2) is 8.62. The lowest BCUT2D eigenvalue weighted by Crippen LogP contribution is -2.38. The smallest absolute Gasteiger partial charge is 0.410 e. The van der Waals surface area contributed by atoms with Gasteiger partial charge in [0, 0.05) is 26.3 Å². The standard InChI is InChI=1S/C20H27N3O2/c1-20(2,3)25-19(24)23(4)15-14-22-18(16-10-6-5-7-11-16)17-12-8-9-13-21-17/h5-13,18,22H,14-15H2,1-4H3. The van der Waals surface area contributed by atoms with Crippen LogP contribution in [0.15, 0.2) is 54.7 Å². The van der Waals surface area contributed by atoms with Crippen LogP contribution in [-0.4, -0.2) is 41.7 Å². The molecule has 0 spiro atoms. The molecule has 0 saturated carbocycles. The van der Waals surface area contributed by atoms with Gasteiger partial charge in [0.25, 0.3) is 0 Å².